The molecule has 0 saturated heterocycles. The van der Waals surface area contributed by atoms with E-state index in [-0.39, 0.29) is 18.0 Å². The van der Waals surface area contributed by atoms with Crippen LogP contribution in [0, 0.1) is 17.8 Å². The highest BCUT2D eigenvalue weighted by Crippen LogP contribution is 2.17. The van der Waals surface area contributed by atoms with Crippen molar-refractivity contribution in [1.29, 1.82) is 0 Å². The molecule has 1 aromatic rings. The van der Waals surface area contributed by atoms with Crippen LogP contribution in [0.5, 0.6) is 18.0 Å². The van der Waals surface area contributed by atoms with Gasteiger partial charge in [-0.25, -0.2) is 0 Å². The number of hydrogen-bond acceptors (Lipinski definition) is 6. The molecule has 0 radical (unpaired) electrons. The predicted molar refractivity (Wildman–Crippen MR) is 94.7 cm³/mol. The molecule has 3 unspecified atom stereocenters. The summed E-state index contributed by atoms with van der Waals surface area (Å²) in [7, 11) is 0. The third-order valence-electron chi connectivity index (χ3n) is 4.16. The number of nitrogens with zero attached hydrogens (tertiary/aromatic N) is 3. The fourth-order valence-electron chi connectivity index (χ4n) is 1.52. The van der Waals surface area contributed by atoms with Crippen LogP contribution in [0.3, 0.4) is 0 Å². The maximum absolute atomic E-state index is 5.68. The fourth-order valence-corrected chi connectivity index (χ4v) is 1.52. The number of rotatable bonds is 12. The fraction of sp³-hybridized carbons (Fsp3) is 0.833. The lowest BCUT2D eigenvalue weighted by molar-refractivity contribution is 0.193. The van der Waals surface area contributed by atoms with Gasteiger partial charge in [-0.15, -0.1) is 15.0 Å². The highest BCUT2D eigenvalue weighted by atomic mass is 16.5. The lowest BCUT2D eigenvalue weighted by Crippen LogP contribution is -2.15. The molecule has 6 heteroatoms. The summed E-state index contributed by atoms with van der Waals surface area (Å²) < 4.78 is 17.1. The second-order valence-corrected chi connectivity index (χ2v) is 6.66. The van der Waals surface area contributed by atoms with Crippen molar-refractivity contribution in [1.82, 2.24) is 15.0 Å². The van der Waals surface area contributed by atoms with Crippen molar-refractivity contribution in [2.75, 3.05) is 19.8 Å². The van der Waals surface area contributed by atoms with Crippen LogP contribution in [0.4, 0.5) is 0 Å². The van der Waals surface area contributed by atoms with Gasteiger partial charge in [0.2, 0.25) is 0 Å². The largest absolute Gasteiger partial charge is 0.463 e. The normalized spacial score (nSPS) is 14.8. The van der Waals surface area contributed by atoms with E-state index in [2.05, 4.69) is 56.5 Å². The van der Waals surface area contributed by atoms with Crippen molar-refractivity contribution in [2.45, 2.75) is 60.8 Å². The minimum Gasteiger partial charge on any atom is -0.463 e. The Morgan fingerprint density at radius 1 is 0.583 bits per heavy atom. The first-order chi connectivity index (χ1) is 11.5. The molecule has 0 aliphatic carbocycles. The molecule has 3 atom stereocenters. The van der Waals surface area contributed by atoms with E-state index in [1.54, 1.807) is 0 Å². The molecule has 0 aromatic carbocycles. The van der Waals surface area contributed by atoms with Gasteiger partial charge in [-0.3, -0.25) is 0 Å². The van der Waals surface area contributed by atoms with E-state index < -0.39 is 0 Å². The molecule has 0 saturated carbocycles. The van der Waals surface area contributed by atoms with Crippen molar-refractivity contribution in [3.63, 3.8) is 0 Å². The Labute approximate surface area is 146 Å². The van der Waals surface area contributed by atoms with Crippen molar-refractivity contribution in [3.05, 3.63) is 0 Å². The van der Waals surface area contributed by atoms with Gasteiger partial charge in [0.25, 0.3) is 0 Å². The van der Waals surface area contributed by atoms with E-state index >= 15 is 0 Å². The zero-order chi connectivity index (χ0) is 17.9. The highest BCUT2D eigenvalue weighted by molar-refractivity contribution is 5.09. The van der Waals surface area contributed by atoms with Crippen LogP contribution in [0.15, 0.2) is 0 Å². The quantitative estimate of drug-likeness (QED) is 0.570. The summed E-state index contributed by atoms with van der Waals surface area (Å²) in [6, 6.07) is 0.802. The summed E-state index contributed by atoms with van der Waals surface area (Å²) >= 11 is 0. The van der Waals surface area contributed by atoms with Gasteiger partial charge in [0.1, 0.15) is 0 Å². The lowest BCUT2D eigenvalue weighted by atomic mass is 10.1. The molecule has 0 N–H and O–H groups in total. The topological polar surface area (TPSA) is 66.4 Å². The van der Waals surface area contributed by atoms with Gasteiger partial charge in [-0.05, 0) is 17.8 Å². The molecule has 24 heavy (non-hydrogen) atoms. The van der Waals surface area contributed by atoms with Gasteiger partial charge in [-0.1, -0.05) is 60.8 Å². The zero-order valence-electron chi connectivity index (χ0n) is 16.0. The minimum absolute atomic E-state index is 0.267. The monoisotopic (exact) mass is 339 g/mol. The average molecular weight is 339 g/mol. The molecule has 0 aliphatic heterocycles. The molecular formula is C18H33N3O3. The second kappa shape index (κ2) is 11.0. The first-order valence-corrected chi connectivity index (χ1v) is 9.12. The Balaban J connectivity index is 2.79. The van der Waals surface area contributed by atoms with E-state index in [0.29, 0.717) is 37.6 Å². The molecule has 0 fully saturated rings. The van der Waals surface area contributed by atoms with E-state index in [4.69, 9.17) is 14.2 Å². The summed E-state index contributed by atoms with van der Waals surface area (Å²) in [5, 5.41) is 0. The molecule has 0 amide bonds. The van der Waals surface area contributed by atoms with Gasteiger partial charge in [0, 0.05) is 0 Å². The molecule has 1 rings (SSSR count). The summed E-state index contributed by atoms with van der Waals surface area (Å²) in [6.45, 7) is 14.5. The van der Waals surface area contributed by atoms with E-state index in [1.165, 1.54) is 0 Å². The molecule has 6 nitrogen and oxygen atoms in total. The van der Waals surface area contributed by atoms with Crippen molar-refractivity contribution in [3.8, 4) is 18.0 Å². The van der Waals surface area contributed by atoms with Gasteiger partial charge in [0.15, 0.2) is 0 Å². The second-order valence-electron chi connectivity index (χ2n) is 6.66. The Bertz CT molecular complexity index is 392. The molecule has 1 heterocycles. The van der Waals surface area contributed by atoms with Crippen LogP contribution < -0.4 is 14.2 Å². The van der Waals surface area contributed by atoms with E-state index in [9.17, 15) is 0 Å². The van der Waals surface area contributed by atoms with Gasteiger partial charge >= 0.3 is 18.0 Å². The zero-order valence-corrected chi connectivity index (χ0v) is 16.0. The van der Waals surface area contributed by atoms with Crippen molar-refractivity contribution in [2.24, 2.45) is 17.8 Å². The number of aromatic nitrogens is 3. The maximum atomic E-state index is 5.68. The third kappa shape index (κ3) is 7.79. The van der Waals surface area contributed by atoms with E-state index in [1.807, 2.05) is 0 Å². The summed E-state index contributed by atoms with van der Waals surface area (Å²) in [4.78, 5) is 12.7. The molecule has 0 bridgehead atoms. The van der Waals surface area contributed by atoms with Gasteiger partial charge < -0.3 is 14.2 Å². The maximum Gasteiger partial charge on any atom is 0.325 e. The first-order valence-electron chi connectivity index (χ1n) is 9.12. The van der Waals surface area contributed by atoms with Gasteiger partial charge in [-0.2, -0.15) is 0 Å². The lowest BCUT2D eigenvalue weighted by Gasteiger charge is -2.14. The number of hydrogen-bond donors (Lipinski definition) is 0. The summed E-state index contributed by atoms with van der Waals surface area (Å²) in [5.41, 5.74) is 0. The minimum atomic E-state index is 0.267. The van der Waals surface area contributed by atoms with Crippen molar-refractivity contribution >= 4 is 0 Å². The smallest absolute Gasteiger partial charge is 0.325 e. The predicted octanol–water partition coefficient (Wildman–Crippen LogP) is 4.15. The van der Waals surface area contributed by atoms with Crippen molar-refractivity contribution < 1.29 is 14.2 Å². The SMILES string of the molecule is CCC(C)COc1nc(OCC(C)CC)nc(OCC(C)CC)n1. The van der Waals surface area contributed by atoms with E-state index in [0.717, 1.165) is 19.3 Å². The number of ether oxygens (including phenoxy) is 3. The standard InChI is InChI=1S/C18H33N3O3/c1-7-13(4)10-22-16-19-17(23-11-14(5)8-2)21-18(20-16)24-12-15(6)9-3/h13-15H,7-12H2,1-6H3. The molecule has 0 aliphatic rings. The Morgan fingerprint density at radius 2 is 0.833 bits per heavy atom. The first kappa shape index (κ1) is 20.5. The summed E-state index contributed by atoms with van der Waals surface area (Å²) in [5.74, 6) is 1.32. The average Bonchev–Trinajstić information content (AvgIpc) is 2.61. The van der Waals surface area contributed by atoms with Crippen LogP contribution in [0.1, 0.15) is 60.8 Å². The Kier molecular flexibility index (Phi) is 9.42. The van der Waals surface area contributed by atoms with Gasteiger partial charge in [0.05, 0.1) is 19.8 Å². The third-order valence-corrected chi connectivity index (χ3v) is 4.16. The molecule has 0 spiro atoms. The molecule has 138 valence electrons. The molecule has 1 aromatic heterocycles. The van der Waals surface area contributed by atoms with Crippen LogP contribution in [0.2, 0.25) is 0 Å². The highest BCUT2D eigenvalue weighted by Gasteiger charge is 2.13. The van der Waals surface area contributed by atoms with Crippen LogP contribution in [0.25, 0.3) is 0 Å². The summed E-state index contributed by atoms with van der Waals surface area (Å²) in [6.07, 6.45) is 3.12. The Hall–Kier alpha value is -1.59. The Morgan fingerprint density at radius 3 is 1.04 bits per heavy atom. The van der Waals surface area contributed by atoms with Crippen LogP contribution in [-0.4, -0.2) is 34.8 Å². The van der Waals surface area contributed by atoms with Crippen LogP contribution >= 0.6 is 0 Å². The van der Waals surface area contributed by atoms with Crippen LogP contribution in [-0.2, 0) is 0 Å². The molecular weight excluding hydrogens is 306 g/mol.